The van der Waals surface area contributed by atoms with E-state index in [1.165, 1.54) is 0 Å². The lowest BCUT2D eigenvalue weighted by Gasteiger charge is -2.05. The van der Waals surface area contributed by atoms with Crippen LogP contribution in [-0.2, 0) is 13.2 Å². The summed E-state index contributed by atoms with van der Waals surface area (Å²) in [6, 6.07) is 7.24. The Morgan fingerprint density at radius 2 is 2.20 bits per heavy atom. The lowest BCUT2D eigenvalue weighted by atomic mass is 10.1. The number of rotatable bonds is 3. The second-order valence-corrected chi connectivity index (χ2v) is 4.72. The minimum atomic E-state index is -0.505. The van der Waals surface area contributed by atoms with Gasteiger partial charge in [0.25, 0.3) is 0 Å². The largest absolute Gasteiger partial charge is 0.441 e. The second-order valence-electron chi connectivity index (χ2n) is 4.72. The van der Waals surface area contributed by atoms with Crippen LogP contribution in [0.1, 0.15) is 12.5 Å². The predicted molar refractivity (Wildman–Crippen MR) is 70.3 cm³/mol. The van der Waals surface area contributed by atoms with E-state index in [9.17, 15) is 10.1 Å². The lowest BCUT2D eigenvalue weighted by Crippen LogP contribution is -2.09. The molecule has 1 atom stereocenters. The van der Waals surface area contributed by atoms with Gasteiger partial charge in [-0.15, -0.1) is 0 Å². The third-order valence-corrected chi connectivity index (χ3v) is 3.24. The van der Waals surface area contributed by atoms with Crippen LogP contribution in [-0.4, -0.2) is 25.7 Å². The maximum absolute atomic E-state index is 11.1. The Bertz CT molecular complexity index is 663. The fourth-order valence-corrected chi connectivity index (χ4v) is 2.33. The number of nitrogens with zero attached hydrogens (tertiary/aromatic N) is 3. The SMILES string of the molecule is CC1Cn2c(nc([N+](=O)[O-])c2-c2ccc(CO)cc2)O1. The number of imidazole rings is 1. The zero-order valence-electron chi connectivity index (χ0n) is 10.8. The lowest BCUT2D eigenvalue weighted by molar-refractivity contribution is -0.388. The van der Waals surface area contributed by atoms with E-state index in [-0.39, 0.29) is 24.5 Å². The van der Waals surface area contributed by atoms with Crippen LogP contribution in [0.3, 0.4) is 0 Å². The van der Waals surface area contributed by atoms with E-state index in [2.05, 4.69) is 4.98 Å². The predicted octanol–water partition coefficient (Wildman–Crippen LogP) is 1.73. The average molecular weight is 275 g/mol. The molecule has 0 saturated heterocycles. The summed E-state index contributed by atoms with van der Waals surface area (Å²) in [5.41, 5.74) is 1.88. The summed E-state index contributed by atoms with van der Waals surface area (Å²) in [5, 5.41) is 20.2. The quantitative estimate of drug-likeness (QED) is 0.680. The Labute approximate surface area is 114 Å². The molecule has 0 radical (unpaired) electrons. The summed E-state index contributed by atoms with van der Waals surface area (Å²) in [4.78, 5) is 14.6. The highest BCUT2D eigenvalue weighted by molar-refractivity contribution is 5.69. The van der Waals surface area contributed by atoms with Crippen LogP contribution < -0.4 is 4.74 Å². The molecule has 104 valence electrons. The first-order chi connectivity index (χ1) is 9.60. The zero-order chi connectivity index (χ0) is 14.3. The van der Waals surface area contributed by atoms with E-state index in [1.54, 1.807) is 28.8 Å². The number of fused-ring (bicyclic) bond motifs is 1. The van der Waals surface area contributed by atoms with E-state index in [0.717, 1.165) is 5.56 Å². The number of ether oxygens (including phenoxy) is 1. The van der Waals surface area contributed by atoms with Crippen molar-refractivity contribution in [2.75, 3.05) is 0 Å². The molecule has 1 aromatic heterocycles. The highest BCUT2D eigenvalue weighted by Crippen LogP contribution is 2.37. The molecule has 7 heteroatoms. The standard InChI is InChI=1S/C13H13N3O4/c1-8-6-15-11(10-4-2-9(7-17)3-5-10)12(16(18)19)14-13(15)20-8/h2-5,8,17H,6-7H2,1H3. The van der Waals surface area contributed by atoms with Gasteiger partial charge in [0.15, 0.2) is 5.69 Å². The van der Waals surface area contributed by atoms with Crippen molar-refractivity contribution in [1.82, 2.24) is 9.55 Å². The van der Waals surface area contributed by atoms with Crippen molar-refractivity contribution in [1.29, 1.82) is 0 Å². The number of aromatic nitrogens is 2. The van der Waals surface area contributed by atoms with Crippen molar-refractivity contribution in [2.45, 2.75) is 26.2 Å². The molecule has 1 aliphatic heterocycles. The first-order valence-electron chi connectivity index (χ1n) is 6.22. The van der Waals surface area contributed by atoms with Gasteiger partial charge in [-0.1, -0.05) is 24.3 Å². The van der Waals surface area contributed by atoms with Gasteiger partial charge in [-0.2, -0.15) is 0 Å². The Hall–Kier alpha value is -2.41. The highest BCUT2D eigenvalue weighted by atomic mass is 16.6. The number of hydrogen-bond acceptors (Lipinski definition) is 5. The van der Waals surface area contributed by atoms with Crippen molar-refractivity contribution in [3.63, 3.8) is 0 Å². The summed E-state index contributed by atoms with van der Waals surface area (Å²) in [6.07, 6.45) is -0.0474. The first kappa shape index (κ1) is 12.6. The summed E-state index contributed by atoms with van der Waals surface area (Å²) in [5.74, 6) is -0.205. The number of benzene rings is 1. The molecule has 0 saturated carbocycles. The fraction of sp³-hybridized carbons (Fsp3) is 0.308. The van der Waals surface area contributed by atoms with Gasteiger partial charge in [-0.3, -0.25) is 4.57 Å². The smallest absolute Gasteiger partial charge is 0.415 e. The monoisotopic (exact) mass is 275 g/mol. The van der Waals surface area contributed by atoms with Gasteiger partial charge in [0, 0.05) is 10.5 Å². The summed E-state index contributed by atoms with van der Waals surface area (Å²) >= 11 is 0. The highest BCUT2D eigenvalue weighted by Gasteiger charge is 2.35. The van der Waals surface area contributed by atoms with Crippen molar-refractivity contribution in [3.05, 3.63) is 39.9 Å². The molecule has 1 N–H and O–H groups in total. The van der Waals surface area contributed by atoms with Crippen molar-refractivity contribution < 1.29 is 14.8 Å². The molecule has 0 bridgehead atoms. The maximum Gasteiger partial charge on any atom is 0.415 e. The van der Waals surface area contributed by atoms with Crippen LogP contribution in [0, 0.1) is 10.1 Å². The number of hydrogen-bond donors (Lipinski definition) is 1. The molecule has 1 unspecified atom stereocenters. The average Bonchev–Trinajstić information content (AvgIpc) is 2.94. The van der Waals surface area contributed by atoms with Crippen molar-refractivity contribution in [3.8, 4) is 17.3 Å². The van der Waals surface area contributed by atoms with Gasteiger partial charge in [0.05, 0.1) is 13.2 Å². The van der Waals surface area contributed by atoms with Crippen LogP contribution in [0.25, 0.3) is 11.3 Å². The van der Waals surface area contributed by atoms with Crippen LogP contribution in [0.5, 0.6) is 6.01 Å². The Balaban J connectivity index is 2.13. The molecule has 1 aromatic carbocycles. The van der Waals surface area contributed by atoms with Gasteiger partial charge in [0.2, 0.25) is 0 Å². The molecular weight excluding hydrogens is 262 g/mol. The van der Waals surface area contributed by atoms with Crippen molar-refractivity contribution >= 4 is 5.82 Å². The summed E-state index contributed by atoms with van der Waals surface area (Å²) < 4.78 is 7.17. The topological polar surface area (TPSA) is 90.4 Å². The minimum Gasteiger partial charge on any atom is -0.441 e. The summed E-state index contributed by atoms with van der Waals surface area (Å²) in [6.45, 7) is 2.36. The molecule has 3 rings (SSSR count). The van der Waals surface area contributed by atoms with Gasteiger partial charge < -0.3 is 20.0 Å². The van der Waals surface area contributed by atoms with Gasteiger partial charge in [-0.25, -0.2) is 0 Å². The van der Waals surface area contributed by atoms with Gasteiger partial charge >= 0.3 is 11.8 Å². The van der Waals surface area contributed by atoms with Gasteiger partial charge in [0.1, 0.15) is 6.10 Å². The third-order valence-electron chi connectivity index (χ3n) is 3.24. The van der Waals surface area contributed by atoms with Crippen molar-refractivity contribution in [2.24, 2.45) is 0 Å². The van der Waals surface area contributed by atoms with Gasteiger partial charge in [-0.05, 0) is 17.4 Å². The molecule has 1 aliphatic rings. The summed E-state index contributed by atoms with van der Waals surface area (Å²) in [7, 11) is 0. The Morgan fingerprint density at radius 1 is 1.50 bits per heavy atom. The van der Waals surface area contributed by atoms with E-state index < -0.39 is 4.92 Å². The first-order valence-corrected chi connectivity index (χ1v) is 6.22. The third kappa shape index (κ3) is 1.92. The number of aliphatic hydroxyl groups is 1. The van der Waals surface area contributed by atoms with E-state index in [0.29, 0.717) is 17.8 Å². The van der Waals surface area contributed by atoms with Crippen LogP contribution in [0.4, 0.5) is 5.82 Å². The molecule has 0 spiro atoms. The van der Waals surface area contributed by atoms with Crippen LogP contribution in [0.15, 0.2) is 24.3 Å². The molecule has 2 aromatic rings. The minimum absolute atomic E-state index is 0.0474. The second kappa shape index (κ2) is 4.61. The molecule has 20 heavy (non-hydrogen) atoms. The maximum atomic E-state index is 11.1. The zero-order valence-corrected chi connectivity index (χ0v) is 10.8. The van der Waals surface area contributed by atoms with E-state index in [4.69, 9.17) is 9.84 Å². The number of aliphatic hydroxyl groups excluding tert-OH is 1. The number of nitro groups is 1. The molecule has 7 nitrogen and oxygen atoms in total. The molecule has 0 aliphatic carbocycles. The Kier molecular flexibility index (Phi) is 2.90. The van der Waals surface area contributed by atoms with E-state index in [1.807, 2.05) is 6.92 Å². The molecule has 0 amide bonds. The fourth-order valence-electron chi connectivity index (χ4n) is 2.33. The normalized spacial score (nSPS) is 16.8. The molecular formula is C13H13N3O4. The van der Waals surface area contributed by atoms with Crippen LogP contribution in [0.2, 0.25) is 0 Å². The van der Waals surface area contributed by atoms with E-state index >= 15 is 0 Å². The molecule has 2 heterocycles. The van der Waals surface area contributed by atoms with Crippen LogP contribution >= 0.6 is 0 Å². The molecule has 0 fully saturated rings. The Morgan fingerprint density at radius 3 is 2.80 bits per heavy atom.